The molecule has 1 aromatic carbocycles. The lowest BCUT2D eigenvalue weighted by molar-refractivity contribution is 0.0689. The summed E-state index contributed by atoms with van der Waals surface area (Å²) >= 11 is 7.43. The van der Waals surface area contributed by atoms with Crippen LogP contribution in [0.1, 0.15) is 16.1 Å². The summed E-state index contributed by atoms with van der Waals surface area (Å²) in [4.78, 5) is 18.6. The lowest BCUT2D eigenvalue weighted by Gasteiger charge is -2.03. The molecule has 0 radical (unpaired) electrons. The van der Waals surface area contributed by atoms with Gasteiger partial charge in [-0.1, -0.05) is 29.8 Å². The molecule has 0 bridgehead atoms. The number of benzene rings is 1. The van der Waals surface area contributed by atoms with Crippen molar-refractivity contribution in [3.63, 3.8) is 0 Å². The molecule has 0 fully saturated rings. The molecule has 0 aliphatic carbocycles. The fourth-order valence-electron chi connectivity index (χ4n) is 1.29. The van der Waals surface area contributed by atoms with Crippen molar-refractivity contribution in [2.75, 3.05) is 0 Å². The van der Waals surface area contributed by atoms with Crippen molar-refractivity contribution in [2.24, 2.45) is 0 Å². The molecule has 1 N–H and O–H groups in total. The summed E-state index contributed by atoms with van der Waals surface area (Å²) in [6.07, 6.45) is 2.76. The van der Waals surface area contributed by atoms with Gasteiger partial charge in [-0.3, -0.25) is 4.98 Å². The van der Waals surface area contributed by atoms with Crippen molar-refractivity contribution in [1.82, 2.24) is 9.97 Å². The number of carboxylic acid groups (broad SMARTS) is 1. The highest BCUT2D eigenvalue weighted by Gasteiger charge is 2.07. The van der Waals surface area contributed by atoms with Gasteiger partial charge in [0.2, 0.25) is 0 Å². The number of hydrogen-bond donors (Lipinski definition) is 1. The number of nitrogens with zero attached hydrogens (tertiary/aromatic N) is 2. The second-order valence-electron chi connectivity index (χ2n) is 3.43. The van der Waals surface area contributed by atoms with E-state index in [9.17, 15) is 4.79 Å². The lowest BCUT2D eigenvalue weighted by Crippen LogP contribution is -2.01. The van der Waals surface area contributed by atoms with Crippen LogP contribution in [-0.2, 0) is 5.75 Å². The second-order valence-corrected chi connectivity index (χ2v) is 4.83. The van der Waals surface area contributed by atoms with Gasteiger partial charge in [0, 0.05) is 10.8 Å². The van der Waals surface area contributed by atoms with Gasteiger partial charge in [0.05, 0.1) is 12.4 Å². The zero-order chi connectivity index (χ0) is 13.0. The molecule has 1 aromatic heterocycles. The van der Waals surface area contributed by atoms with Crippen LogP contribution >= 0.6 is 23.4 Å². The first kappa shape index (κ1) is 12.9. The van der Waals surface area contributed by atoms with E-state index >= 15 is 0 Å². The Morgan fingerprint density at radius 1 is 1.33 bits per heavy atom. The molecule has 0 unspecified atom stereocenters. The number of aromatic nitrogens is 2. The normalized spacial score (nSPS) is 10.3. The molecule has 18 heavy (non-hydrogen) atoms. The SMILES string of the molecule is O=C(O)c1cncc(SCc2ccccc2Cl)n1. The molecular weight excluding hydrogens is 272 g/mol. The van der Waals surface area contributed by atoms with E-state index in [0.717, 1.165) is 5.56 Å². The van der Waals surface area contributed by atoms with E-state index in [4.69, 9.17) is 16.7 Å². The van der Waals surface area contributed by atoms with Gasteiger partial charge in [0.25, 0.3) is 0 Å². The van der Waals surface area contributed by atoms with Crippen LogP contribution in [0.15, 0.2) is 41.7 Å². The van der Waals surface area contributed by atoms with Crippen molar-refractivity contribution in [1.29, 1.82) is 0 Å². The average molecular weight is 281 g/mol. The fourth-order valence-corrected chi connectivity index (χ4v) is 2.42. The highest BCUT2D eigenvalue weighted by Crippen LogP contribution is 2.24. The van der Waals surface area contributed by atoms with Crippen LogP contribution in [0.5, 0.6) is 0 Å². The van der Waals surface area contributed by atoms with Gasteiger partial charge in [-0.15, -0.1) is 11.8 Å². The zero-order valence-corrected chi connectivity index (χ0v) is 10.8. The monoisotopic (exact) mass is 280 g/mol. The number of aromatic carboxylic acids is 1. The van der Waals surface area contributed by atoms with Gasteiger partial charge >= 0.3 is 5.97 Å². The number of hydrogen-bond acceptors (Lipinski definition) is 4. The summed E-state index contributed by atoms with van der Waals surface area (Å²) in [5.74, 6) is -0.458. The molecule has 0 saturated carbocycles. The summed E-state index contributed by atoms with van der Waals surface area (Å²) in [7, 11) is 0. The molecule has 92 valence electrons. The van der Waals surface area contributed by atoms with Crippen LogP contribution in [0, 0.1) is 0 Å². The predicted molar refractivity (Wildman–Crippen MR) is 70.0 cm³/mol. The highest BCUT2D eigenvalue weighted by molar-refractivity contribution is 7.98. The number of halogens is 1. The Morgan fingerprint density at radius 3 is 2.83 bits per heavy atom. The van der Waals surface area contributed by atoms with Crippen molar-refractivity contribution < 1.29 is 9.90 Å². The topological polar surface area (TPSA) is 63.1 Å². The average Bonchev–Trinajstić information content (AvgIpc) is 2.38. The van der Waals surface area contributed by atoms with Crippen molar-refractivity contribution >= 4 is 29.3 Å². The van der Waals surface area contributed by atoms with Crippen LogP contribution in [0.2, 0.25) is 5.02 Å². The van der Waals surface area contributed by atoms with E-state index in [-0.39, 0.29) is 5.69 Å². The Morgan fingerprint density at radius 2 is 2.11 bits per heavy atom. The molecule has 0 spiro atoms. The fraction of sp³-hybridized carbons (Fsp3) is 0.0833. The van der Waals surface area contributed by atoms with Crippen LogP contribution in [0.25, 0.3) is 0 Å². The lowest BCUT2D eigenvalue weighted by atomic mass is 10.2. The Balaban J connectivity index is 2.09. The standard InChI is InChI=1S/C12H9ClN2O2S/c13-9-4-2-1-3-8(9)7-18-11-6-14-5-10(15-11)12(16)17/h1-6H,7H2,(H,16,17). The third-order valence-electron chi connectivity index (χ3n) is 2.16. The second kappa shape index (κ2) is 5.84. The van der Waals surface area contributed by atoms with Crippen LogP contribution in [0.3, 0.4) is 0 Å². The largest absolute Gasteiger partial charge is 0.476 e. The zero-order valence-electron chi connectivity index (χ0n) is 9.21. The maximum absolute atomic E-state index is 10.7. The minimum atomic E-state index is -1.08. The van der Waals surface area contributed by atoms with Gasteiger partial charge in [-0.2, -0.15) is 0 Å². The number of thioether (sulfide) groups is 1. The van der Waals surface area contributed by atoms with Crippen LogP contribution in [0.4, 0.5) is 0 Å². The Bertz CT molecular complexity index is 578. The summed E-state index contributed by atoms with van der Waals surface area (Å²) in [6, 6.07) is 7.50. The quantitative estimate of drug-likeness (QED) is 0.872. The molecule has 0 aliphatic rings. The first-order valence-corrected chi connectivity index (χ1v) is 6.44. The molecule has 2 rings (SSSR count). The molecule has 4 nitrogen and oxygen atoms in total. The minimum absolute atomic E-state index is 0.0563. The minimum Gasteiger partial charge on any atom is -0.476 e. The Hall–Kier alpha value is -1.59. The van der Waals surface area contributed by atoms with Gasteiger partial charge in [0.1, 0.15) is 5.03 Å². The number of carboxylic acids is 1. The molecule has 0 atom stereocenters. The Kier molecular flexibility index (Phi) is 4.17. The maximum atomic E-state index is 10.7. The molecule has 2 aromatic rings. The van der Waals surface area contributed by atoms with E-state index in [0.29, 0.717) is 15.8 Å². The first-order chi connectivity index (χ1) is 8.66. The van der Waals surface area contributed by atoms with E-state index in [2.05, 4.69) is 9.97 Å². The molecule has 6 heteroatoms. The van der Waals surface area contributed by atoms with Crippen LogP contribution < -0.4 is 0 Å². The molecule has 0 aliphatic heterocycles. The first-order valence-electron chi connectivity index (χ1n) is 5.08. The summed E-state index contributed by atoms with van der Waals surface area (Å²) in [5, 5.41) is 10.1. The van der Waals surface area contributed by atoms with Crippen molar-refractivity contribution in [3.05, 3.63) is 52.9 Å². The maximum Gasteiger partial charge on any atom is 0.356 e. The van der Waals surface area contributed by atoms with Gasteiger partial charge in [0.15, 0.2) is 5.69 Å². The van der Waals surface area contributed by atoms with Crippen LogP contribution in [-0.4, -0.2) is 21.0 Å². The molecule has 0 saturated heterocycles. The summed E-state index contributed by atoms with van der Waals surface area (Å²) in [6.45, 7) is 0. The smallest absolute Gasteiger partial charge is 0.356 e. The molecule has 1 heterocycles. The van der Waals surface area contributed by atoms with Gasteiger partial charge < -0.3 is 5.11 Å². The number of rotatable bonds is 4. The third-order valence-corrected chi connectivity index (χ3v) is 3.48. The van der Waals surface area contributed by atoms with E-state index in [1.807, 2.05) is 24.3 Å². The van der Waals surface area contributed by atoms with E-state index in [1.54, 1.807) is 0 Å². The Labute approximate surface area is 113 Å². The number of carbonyl (C=O) groups is 1. The molecule has 0 amide bonds. The van der Waals surface area contributed by atoms with Crippen molar-refractivity contribution in [2.45, 2.75) is 10.8 Å². The third kappa shape index (κ3) is 3.21. The predicted octanol–water partition coefficient (Wildman–Crippen LogP) is 3.12. The molecular formula is C12H9ClN2O2S. The van der Waals surface area contributed by atoms with Gasteiger partial charge in [-0.25, -0.2) is 9.78 Å². The van der Waals surface area contributed by atoms with Gasteiger partial charge in [-0.05, 0) is 11.6 Å². The highest BCUT2D eigenvalue weighted by atomic mass is 35.5. The van der Waals surface area contributed by atoms with E-state index in [1.165, 1.54) is 24.2 Å². The summed E-state index contributed by atoms with van der Waals surface area (Å²) < 4.78 is 0. The summed E-state index contributed by atoms with van der Waals surface area (Å²) in [5.41, 5.74) is 0.922. The van der Waals surface area contributed by atoms with Crippen molar-refractivity contribution in [3.8, 4) is 0 Å². The van der Waals surface area contributed by atoms with E-state index < -0.39 is 5.97 Å².